The molecule has 0 bridgehead atoms. The van der Waals surface area contributed by atoms with Gasteiger partial charge in [0.05, 0.1) is 22.4 Å². The standard InChI is InChI=1S/C9H10N2OS/c10-4-7-2-1-3-12-9(7)8-5-11-6-13-8/h5-7,9H,1-3H2. The van der Waals surface area contributed by atoms with E-state index in [9.17, 15) is 0 Å². The zero-order valence-corrected chi connectivity index (χ0v) is 7.96. The summed E-state index contributed by atoms with van der Waals surface area (Å²) in [7, 11) is 0. The van der Waals surface area contributed by atoms with Crippen LogP contribution >= 0.6 is 11.3 Å². The number of nitriles is 1. The van der Waals surface area contributed by atoms with Gasteiger partial charge in [-0.05, 0) is 12.8 Å². The van der Waals surface area contributed by atoms with E-state index in [0.29, 0.717) is 0 Å². The Morgan fingerprint density at radius 1 is 1.69 bits per heavy atom. The van der Waals surface area contributed by atoms with Gasteiger partial charge < -0.3 is 4.74 Å². The van der Waals surface area contributed by atoms with Crippen molar-refractivity contribution < 1.29 is 4.74 Å². The third-order valence-electron chi connectivity index (χ3n) is 2.22. The van der Waals surface area contributed by atoms with Crippen LogP contribution in [0.2, 0.25) is 0 Å². The summed E-state index contributed by atoms with van der Waals surface area (Å²) in [5.74, 6) is 0.00852. The van der Waals surface area contributed by atoms with Crippen molar-refractivity contribution in [2.45, 2.75) is 18.9 Å². The monoisotopic (exact) mass is 194 g/mol. The van der Waals surface area contributed by atoms with E-state index in [2.05, 4.69) is 11.1 Å². The number of ether oxygens (including phenoxy) is 1. The average Bonchev–Trinajstić information content (AvgIpc) is 2.70. The number of nitrogens with zero attached hydrogens (tertiary/aromatic N) is 2. The van der Waals surface area contributed by atoms with Crippen LogP contribution in [0.5, 0.6) is 0 Å². The largest absolute Gasteiger partial charge is 0.371 e. The second-order valence-corrected chi connectivity index (χ2v) is 3.99. The molecule has 2 heterocycles. The summed E-state index contributed by atoms with van der Waals surface area (Å²) in [6.07, 6.45) is 3.70. The molecule has 1 aliphatic rings. The Hall–Kier alpha value is -0.920. The molecule has 2 atom stereocenters. The Balaban J connectivity index is 2.17. The minimum Gasteiger partial charge on any atom is -0.371 e. The van der Waals surface area contributed by atoms with Crippen LogP contribution in [0.15, 0.2) is 11.7 Å². The number of thiazole rings is 1. The molecule has 2 rings (SSSR count). The highest BCUT2D eigenvalue weighted by molar-refractivity contribution is 7.09. The third kappa shape index (κ3) is 1.71. The van der Waals surface area contributed by atoms with Crippen LogP contribution in [0.4, 0.5) is 0 Å². The number of aromatic nitrogens is 1. The first-order valence-electron chi connectivity index (χ1n) is 4.31. The van der Waals surface area contributed by atoms with Crippen LogP contribution in [0, 0.1) is 17.2 Å². The molecule has 13 heavy (non-hydrogen) atoms. The molecule has 0 N–H and O–H groups in total. The van der Waals surface area contributed by atoms with Crippen LogP contribution < -0.4 is 0 Å². The molecule has 0 radical (unpaired) electrons. The van der Waals surface area contributed by atoms with Gasteiger partial charge in [0.1, 0.15) is 6.10 Å². The number of hydrogen-bond acceptors (Lipinski definition) is 4. The van der Waals surface area contributed by atoms with Gasteiger partial charge in [0.2, 0.25) is 0 Å². The topological polar surface area (TPSA) is 45.9 Å². The van der Waals surface area contributed by atoms with Gasteiger partial charge >= 0.3 is 0 Å². The van der Waals surface area contributed by atoms with Crippen molar-refractivity contribution >= 4 is 11.3 Å². The lowest BCUT2D eigenvalue weighted by atomic mass is 9.95. The van der Waals surface area contributed by atoms with Gasteiger partial charge in [-0.25, -0.2) is 0 Å². The predicted octanol–water partition coefficient (Wildman–Crippen LogP) is 2.13. The van der Waals surface area contributed by atoms with Crippen molar-refractivity contribution in [2.75, 3.05) is 6.61 Å². The van der Waals surface area contributed by atoms with E-state index >= 15 is 0 Å². The van der Waals surface area contributed by atoms with Crippen molar-refractivity contribution in [2.24, 2.45) is 5.92 Å². The van der Waals surface area contributed by atoms with E-state index in [4.69, 9.17) is 10.00 Å². The molecule has 0 aliphatic carbocycles. The summed E-state index contributed by atoms with van der Waals surface area (Å²) in [6, 6.07) is 2.30. The molecule has 0 aromatic carbocycles. The Labute approximate surface area is 81.0 Å². The van der Waals surface area contributed by atoms with Crippen LogP contribution in [0.1, 0.15) is 23.8 Å². The molecule has 1 aromatic heterocycles. The fourth-order valence-electron chi connectivity index (χ4n) is 1.56. The first-order chi connectivity index (χ1) is 6.42. The van der Waals surface area contributed by atoms with Gasteiger partial charge in [-0.2, -0.15) is 5.26 Å². The summed E-state index contributed by atoms with van der Waals surface area (Å²) >= 11 is 1.56. The summed E-state index contributed by atoms with van der Waals surface area (Å²) < 4.78 is 5.57. The van der Waals surface area contributed by atoms with Gasteiger partial charge in [-0.1, -0.05) is 0 Å². The Bertz CT molecular complexity index is 304. The second kappa shape index (κ2) is 3.86. The lowest BCUT2D eigenvalue weighted by Gasteiger charge is -2.25. The molecule has 0 amide bonds. The molecule has 68 valence electrons. The zero-order valence-electron chi connectivity index (χ0n) is 7.14. The van der Waals surface area contributed by atoms with Crippen molar-refractivity contribution in [1.82, 2.24) is 4.98 Å². The zero-order chi connectivity index (χ0) is 9.10. The highest BCUT2D eigenvalue weighted by Gasteiger charge is 2.28. The lowest BCUT2D eigenvalue weighted by Crippen LogP contribution is -2.20. The smallest absolute Gasteiger partial charge is 0.109 e. The summed E-state index contributed by atoms with van der Waals surface area (Å²) in [5.41, 5.74) is 1.78. The quantitative estimate of drug-likeness (QED) is 0.688. The molecule has 1 fully saturated rings. The minimum absolute atomic E-state index is 0.00852. The van der Waals surface area contributed by atoms with E-state index in [1.54, 1.807) is 23.0 Å². The van der Waals surface area contributed by atoms with Crippen molar-refractivity contribution in [1.29, 1.82) is 5.26 Å². The second-order valence-electron chi connectivity index (χ2n) is 3.07. The molecule has 1 aliphatic heterocycles. The Morgan fingerprint density at radius 2 is 2.62 bits per heavy atom. The van der Waals surface area contributed by atoms with Gasteiger partial charge in [0.25, 0.3) is 0 Å². The van der Waals surface area contributed by atoms with Gasteiger partial charge in [0.15, 0.2) is 0 Å². The van der Waals surface area contributed by atoms with Crippen LogP contribution in [-0.4, -0.2) is 11.6 Å². The fraction of sp³-hybridized carbons (Fsp3) is 0.556. The molecule has 3 nitrogen and oxygen atoms in total. The van der Waals surface area contributed by atoms with E-state index < -0.39 is 0 Å². The predicted molar refractivity (Wildman–Crippen MR) is 49.1 cm³/mol. The lowest BCUT2D eigenvalue weighted by molar-refractivity contribution is -0.00803. The minimum atomic E-state index is -0.0359. The molecule has 4 heteroatoms. The summed E-state index contributed by atoms with van der Waals surface area (Å²) in [4.78, 5) is 5.07. The molecular weight excluding hydrogens is 184 g/mol. The first-order valence-corrected chi connectivity index (χ1v) is 5.19. The van der Waals surface area contributed by atoms with Crippen LogP contribution in [0.25, 0.3) is 0 Å². The molecule has 0 spiro atoms. The summed E-state index contributed by atoms with van der Waals surface area (Å²) in [6.45, 7) is 0.765. The van der Waals surface area contributed by atoms with Gasteiger partial charge in [-0.3, -0.25) is 4.98 Å². The molecule has 1 saturated heterocycles. The average molecular weight is 194 g/mol. The first kappa shape index (κ1) is 8.67. The third-order valence-corrected chi connectivity index (χ3v) is 3.06. The van der Waals surface area contributed by atoms with Crippen molar-refractivity contribution in [3.05, 3.63) is 16.6 Å². The van der Waals surface area contributed by atoms with Gasteiger partial charge in [-0.15, -0.1) is 11.3 Å². The van der Waals surface area contributed by atoms with E-state index in [1.165, 1.54) is 0 Å². The molecular formula is C9H10N2OS. The highest BCUT2D eigenvalue weighted by Crippen LogP contribution is 2.34. The van der Waals surface area contributed by atoms with Crippen molar-refractivity contribution in [3.63, 3.8) is 0 Å². The number of rotatable bonds is 1. The van der Waals surface area contributed by atoms with Gasteiger partial charge in [0, 0.05) is 12.8 Å². The normalized spacial score (nSPS) is 28.2. The molecule has 2 unspecified atom stereocenters. The highest BCUT2D eigenvalue weighted by atomic mass is 32.1. The van der Waals surface area contributed by atoms with E-state index in [-0.39, 0.29) is 12.0 Å². The maximum absolute atomic E-state index is 8.91. The Kier molecular flexibility index (Phi) is 2.57. The van der Waals surface area contributed by atoms with E-state index in [1.807, 2.05) is 0 Å². The molecule has 1 aromatic rings. The molecule has 0 saturated carbocycles. The van der Waals surface area contributed by atoms with Crippen LogP contribution in [-0.2, 0) is 4.74 Å². The Morgan fingerprint density at radius 3 is 3.31 bits per heavy atom. The van der Waals surface area contributed by atoms with E-state index in [0.717, 1.165) is 24.3 Å². The SMILES string of the molecule is N#CC1CCCOC1c1cncs1. The maximum Gasteiger partial charge on any atom is 0.109 e. The maximum atomic E-state index is 8.91. The van der Waals surface area contributed by atoms with Crippen LogP contribution in [0.3, 0.4) is 0 Å². The van der Waals surface area contributed by atoms with Crippen molar-refractivity contribution in [3.8, 4) is 6.07 Å². The summed E-state index contributed by atoms with van der Waals surface area (Å²) in [5, 5.41) is 8.91. The number of hydrogen-bond donors (Lipinski definition) is 0. The fourth-order valence-corrected chi connectivity index (χ4v) is 2.29.